The third kappa shape index (κ3) is 3.61. The largest absolute Gasteiger partial charge is 0.386 e. The number of ether oxygens (including phenoxy) is 1. The first kappa shape index (κ1) is 17.7. The second-order valence-corrected chi connectivity index (χ2v) is 6.14. The van der Waals surface area contributed by atoms with Crippen molar-refractivity contribution in [2.45, 2.75) is 20.0 Å². The van der Waals surface area contributed by atoms with Crippen LogP contribution < -0.4 is 5.32 Å². The van der Waals surface area contributed by atoms with E-state index in [1.54, 1.807) is 18.2 Å². The van der Waals surface area contributed by atoms with E-state index in [9.17, 15) is 5.11 Å². The molecule has 0 amide bonds. The molecule has 1 aromatic heterocycles. The lowest BCUT2D eigenvalue weighted by Crippen LogP contribution is -2.11. The molecule has 3 N–H and O–H groups in total. The third-order valence-electron chi connectivity index (χ3n) is 3.91. The van der Waals surface area contributed by atoms with E-state index in [0.717, 1.165) is 5.56 Å². The highest BCUT2D eigenvalue weighted by molar-refractivity contribution is 6.33. The summed E-state index contributed by atoms with van der Waals surface area (Å²) in [6.45, 7) is 4.27. The maximum atomic E-state index is 15.0. The van der Waals surface area contributed by atoms with Crippen molar-refractivity contribution in [2.24, 2.45) is 0 Å². The molecule has 1 atom stereocenters. The standard InChI is InChI=1S/C18H19ClFN3O2/c1-3-25-8-15(24)11-7-14-18(22-9-21-14)16(20)17(11)23-13-5-4-10(2)6-12(13)19/h4-7,9,15,23-24H,3,8H2,1-2H3,(H,21,22). The summed E-state index contributed by atoms with van der Waals surface area (Å²) in [6, 6.07) is 7.09. The van der Waals surface area contributed by atoms with Crippen molar-refractivity contribution in [3.63, 3.8) is 0 Å². The Morgan fingerprint density at radius 1 is 1.40 bits per heavy atom. The van der Waals surface area contributed by atoms with Crippen molar-refractivity contribution < 1.29 is 14.2 Å². The molecule has 0 spiro atoms. The Hall–Kier alpha value is -2.15. The van der Waals surface area contributed by atoms with Gasteiger partial charge >= 0.3 is 0 Å². The number of nitrogens with zero attached hydrogens (tertiary/aromatic N) is 1. The number of fused-ring (bicyclic) bond motifs is 1. The molecule has 0 aliphatic rings. The molecule has 0 saturated carbocycles. The number of hydrogen-bond acceptors (Lipinski definition) is 4. The van der Waals surface area contributed by atoms with Crippen LogP contribution in [0.15, 0.2) is 30.6 Å². The average molecular weight is 364 g/mol. The summed E-state index contributed by atoms with van der Waals surface area (Å²) in [7, 11) is 0. The Kier molecular flexibility index (Phi) is 5.22. The minimum atomic E-state index is -0.992. The van der Waals surface area contributed by atoms with Gasteiger partial charge in [-0.2, -0.15) is 0 Å². The van der Waals surface area contributed by atoms with Crippen LogP contribution in [0.4, 0.5) is 15.8 Å². The lowest BCUT2D eigenvalue weighted by Gasteiger charge is -2.19. The predicted molar refractivity (Wildman–Crippen MR) is 97.0 cm³/mol. The number of aromatic amines is 1. The minimum Gasteiger partial charge on any atom is -0.386 e. The second kappa shape index (κ2) is 7.39. The van der Waals surface area contributed by atoms with Gasteiger partial charge in [0.15, 0.2) is 5.82 Å². The fourth-order valence-corrected chi connectivity index (χ4v) is 2.91. The number of aliphatic hydroxyl groups excluding tert-OH is 1. The van der Waals surface area contributed by atoms with E-state index in [0.29, 0.717) is 28.4 Å². The summed E-state index contributed by atoms with van der Waals surface area (Å²) in [6.07, 6.45) is 0.420. The summed E-state index contributed by atoms with van der Waals surface area (Å²) < 4.78 is 20.3. The van der Waals surface area contributed by atoms with Crippen molar-refractivity contribution in [1.29, 1.82) is 0 Å². The van der Waals surface area contributed by atoms with Crippen LogP contribution in [0.2, 0.25) is 5.02 Å². The molecule has 7 heteroatoms. The van der Waals surface area contributed by atoms with Crippen LogP contribution in [0, 0.1) is 12.7 Å². The number of aliphatic hydroxyl groups is 1. The molecule has 3 rings (SSSR count). The topological polar surface area (TPSA) is 70.2 Å². The SMILES string of the molecule is CCOCC(O)c1cc2[nH]cnc2c(F)c1Nc1ccc(C)cc1Cl. The van der Waals surface area contributed by atoms with Crippen molar-refractivity contribution in [1.82, 2.24) is 9.97 Å². The van der Waals surface area contributed by atoms with Gasteiger partial charge in [0, 0.05) is 12.2 Å². The zero-order valence-corrected chi connectivity index (χ0v) is 14.7. The Bertz CT molecular complexity index is 897. The highest BCUT2D eigenvalue weighted by atomic mass is 35.5. The molecule has 0 radical (unpaired) electrons. The molecule has 0 aliphatic carbocycles. The molecule has 2 aromatic carbocycles. The Labute approximate surface area is 149 Å². The first-order valence-electron chi connectivity index (χ1n) is 7.95. The number of nitrogens with one attached hydrogen (secondary N) is 2. The van der Waals surface area contributed by atoms with E-state index in [1.807, 2.05) is 19.9 Å². The number of imidazole rings is 1. The maximum absolute atomic E-state index is 15.0. The third-order valence-corrected chi connectivity index (χ3v) is 4.22. The van der Waals surface area contributed by atoms with Crippen LogP contribution in [-0.2, 0) is 4.74 Å². The smallest absolute Gasteiger partial charge is 0.174 e. The van der Waals surface area contributed by atoms with Crippen LogP contribution in [0.5, 0.6) is 0 Å². The molecule has 25 heavy (non-hydrogen) atoms. The summed E-state index contributed by atoms with van der Waals surface area (Å²) >= 11 is 6.25. The van der Waals surface area contributed by atoms with Crippen molar-refractivity contribution >= 4 is 34.0 Å². The Morgan fingerprint density at radius 2 is 2.20 bits per heavy atom. The molecule has 0 bridgehead atoms. The summed E-state index contributed by atoms with van der Waals surface area (Å²) in [5, 5.41) is 13.9. The average Bonchev–Trinajstić information content (AvgIpc) is 3.05. The Balaban J connectivity index is 2.08. The number of anilines is 2. The summed E-state index contributed by atoms with van der Waals surface area (Å²) in [4.78, 5) is 6.87. The number of rotatable bonds is 6. The maximum Gasteiger partial charge on any atom is 0.174 e. The number of aryl methyl sites for hydroxylation is 1. The van der Waals surface area contributed by atoms with E-state index in [4.69, 9.17) is 16.3 Å². The molecule has 0 aliphatic heterocycles. The van der Waals surface area contributed by atoms with Crippen LogP contribution in [0.1, 0.15) is 24.2 Å². The monoisotopic (exact) mass is 363 g/mol. The van der Waals surface area contributed by atoms with E-state index in [1.165, 1.54) is 6.33 Å². The Morgan fingerprint density at radius 3 is 2.92 bits per heavy atom. The molecule has 3 aromatic rings. The summed E-state index contributed by atoms with van der Waals surface area (Å²) in [5.74, 6) is -0.555. The fraction of sp³-hybridized carbons (Fsp3) is 0.278. The number of hydrogen-bond donors (Lipinski definition) is 3. The first-order valence-corrected chi connectivity index (χ1v) is 8.33. The molecule has 132 valence electrons. The second-order valence-electron chi connectivity index (χ2n) is 5.74. The molecule has 1 unspecified atom stereocenters. The van der Waals surface area contributed by atoms with Gasteiger partial charge in [-0.05, 0) is 37.6 Å². The van der Waals surface area contributed by atoms with Gasteiger partial charge in [0.1, 0.15) is 11.6 Å². The number of H-pyrrole nitrogens is 1. The molecule has 5 nitrogen and oxygen atoms in total. The van der Waals surface area contributed by atoms with Gasteiger partial charge in [0.2, 0.25) is 0 Å². The molecule has 1 heterocycles. The van der Waals surface area contributed by atoms with Crippen LogP contribution in [0.3, 0.4) is 0 Å². The highest BCUT2D eigenvalue weighted by Crippen LogP contribution is 2.35. The fourth-order valence-electron chi connectivity index (χ4n) is 2.63. The van der Waals surface area contributed by atoms with E-state index >= 15 is 4.39 Å². The van der Waals surface area contributed by atoms with Gasteiger partial charge in [-0.1, -0.05) is 17.7 Å². The van der Waals surface area contributed by atoms with Crippen LogP contribution in [-0.4, -0.2) is 28.3 Å². The molecule has 0 fully saturated rings. The number of aromatic nitrogens is 2. The van der Waals surface area contributed by atoms with Gasteiger partial charge < -0.3 is 20.1 Å². The van der Waals surface area contributed by atoms with E-state index < -0.39 is 11.9 Å². The normalized spacial score (nSPS) is 12.5. The van der Waals surface area contributed by atoms with E-state index in [2.05, 4.69) is 15.3 Å². The van der Waals surface area contributed by atoms with Crippen molar-refractivity contribution in [2.75, 3.05) is 18.5 Å². The van der Waals surface area contributed by atoms with Crippen LogP contribution in [0.25, 0.3) is 11.0 Å². The molecular weight excluding hydrogens is 345 g/mol. The van der Waals surface area contributed by atoms with Gasteiger partial charge in [-0.3, -0.25) is 0 Å². The van der Waals surface area contributed by atoms with Gasteiger partial charge in [0.05, 0.1) is 34.8 Å². The van der Waals surface area contributed by atoms with Gasteiger partial charge in [0.25, 0.3) is 0 Å². The van der Waals surface area contributed by atoms with Crippen molar-refractivity contribution in [3.05, 3.63) is 52.6 Å². The molecule has 0 saturated heterocycles. The zero-order valence-electron chi connectivity index (χ0n) is 13.9. The lowest BCUT2D eigenvalue weighted by atomic mass is 10.0. The van der Waals surface area contributed by atoms with Crippen LogP contribution >= 0.6 is 11.6 Å². The number of halogens is 2. The quantitative estimate of drug-likeness (QED) is 0.604. The highest BCUT2D eigenvalue weighted by Gasteiger charge is 2.21. The lowest BCUT2D eigenvalue weighted by molar-refractivity contribution is 0.0423. The minimum absolute atomic E-state index is 0.0614. The summed E-state index contributed by atoms with van der Waals surface area (Å²) in [5.41, 5.74) is 2.75. The van der Waals surface area contributed by atoms with Gasteiger partial charge in [-0.15, -0.1) is 0 Å². The zero-order chi connectivity index (χ0) is 18.0. The number of benzene rings is 2. The first-order chi connectivity index (χ1) is 12.0. The predicted octanol–water partition coefficient (Wildman–Crippen LogP) is 4.48. The van der Waals surface area contributed by atoms with E-state index in [-0.39, 0.29) is 17.8 Å². The molecular formula is C18H19ClFN3O2. The van der Waals surface area contributed by atoms with Crippen molar-refractivity contribution in [3.8, 4) is 0 Å². The van der Waals surface area contributed by atoms with Gasteiger partial charge in [-0.25, -0.2) is 9.37 Å².